The summed E-state index contributed by atoms with van der Waals surface area (Å²) in [5.41, 5.74) is 1.32. The molecule has 0 spiro atoms. The zero-order valence-corrected chi connectivity index (χ0v) is 22.0. The molecule has 2 aromatic rings. The molecule has 0 radical (unpaired) electrons. The van der Waals surface area contributed by atoms with Crippen molar-refractivity contribution in [3.63, 3.8) is 0 Å². The van der Waals surface area contributed by atoms with Crippen molar-refractivity contribution in [2.75, 3.05) is 11.9 Å². The summed E-state index contributed by atoms with van der Waals surface area (Å²) in [5, 5.41) is 7.57. The van der Waals surface area contributed by atoms with Gasteiger partial charge in [-0.1, -0.05) is 49.1 Å². The molecule has 9 nitrogen and oxygen atoms in total. The average molecular weight is 528 g/mol. The zero-order chi connectivity index (χ0) is 25.0. The second-order valence-electron chi connectivity index (χ2n) is 8.23. The molecule has 0 saturated heterocycles. The van der Waals surface area contributed by atoms with Crippen LogP contribution < -0.4 is 10.1 Å². The van der Waals surface area contributed by atoms with E-state index >= 15 is 0 Å². The molecule has 1 aliphatic heterocycles. The van der Waals surface area contributed by atoms with Crippen molar-refractivity contribution in [1.82, 2.24) is 14.9 Å². The maximum absolute atomic E-state index is 12.0. The molecule has 0 aromatic carbocycles. The van der Waals surface area contributed by atoms with Gasteiger partial charge in [-0.25, -0.2) is 0 Å². The van der Waals surface area contributed by atoms with Crippen LogP contribution in [-0.4, -0.2) is 45.2 Å². The van der Waals surface area contributed by atoms with Gasteiger partial charge in [-0.05, 0) is 31.9 Å². The van der Waals surface area contributed by atoms with Gasteiger partial charge in [0.25, 0.3) is 0 Å². The Morgan fingerprint density at radius 3 is 2.50 bits per heavy atom. The molecular formula is C22H27Cl2N5O4S. The van der Waals surface area contributed by atoms with Crippen molar-refractivity contribution < 1.29 is 19.2 Å². The summed E-state index contributed by atoms with van der Waals surface area (Å²) in [5.74, 6) is -0.384. The standard InChI is InChI=1S/C22H27Cl2N5O4S/c1-6-15(30)32-16-9-13-10-29(8-7-14(13)34-16)20(28-33-12(4)5)17-18(23)25-22(26-19(17)24)27-21(31)11(2)3/h9,11-12H,6-8,10H2,1-5H3,(H,25,26,27,31)/b28-20+. The first-order valence-electron chi connectivity index (χ1n) is 10.9. The van der Waals surface area contributed by atoms with Crippen molar-refractivity contribution >= 4 is 58.2 Å². The number of esters is 1. The minimum absolute atomic E-state index is 0.0164. The number of amidine groups is 1. The van der Waals surface area contributed by atoms with E-state index in [1.807, 2.05) is 24.8 Å². The highest BCUT2D eigenvalue weighted by atomic mass is 35.5. The Morgan fingerprint density at radius 1 is 1.24 bits per heavy atom. The number of aromatic nitrogens is 2. The van der Waals surface area contributed by atoms with E-state index in [0.29, 0.717) is 42.4 Å². The number of halogens is 2. The highest BCUT2D eigenvalue weighted by molar-refractivity contribution is 7.14. The van der Waals surface area contributed by atoms with E-state index in [1.54, 1.807) is 20.8 Å². The molecular weight excluding hydrogens is 501 g/mol. The van der Waals surface area contributed by atoms with E-state index in [-0.39, 0.29) is 40.2 Å². The second kappa shape index (κ2) is 11.3. The summed E-state index contributed by atoms with van der Waals surface area (Å²) in [4.78, 5) is 40.8. The van der Waals surface area contributed by atoms with Crippen LogP contribution in [0.3, 0.4) is 0 Å². The molecule has 0 bridgehead atoms. The lowest BCUT2D eigenvalue weighted by Crippen LogP contribution is -2.37. The SMILES string of the molecule is CCC(=O)Oc1cc2c(s1)CCN(/C(=N/OC(C)C)c1c(Cl)nc(NC(=O)C(C)C)nc1Cl)C2. The van der Waals surface area contributed by atoms with Crippen LogP contribution in [0.1, 0.15) is 57.0 Å². The Labute approximate surface area is 212 Å². The number of carbonyl (C=O) groups is 2. The number of oxime groups is 1. The Bertz CT molecular complexity index is 1080. The first kappa shape index (κ1) is 26.2. The third kappa shape index (κ3) is 6.37. The van der Waals surface area contributed by atoms with E-state index < -0.39 is 0 Å². The van der Waals surface area contributed by atoms with Gasteiger partial charge in [0.15, 0.2) is 10.9 Å². The molecule has 184 valence electrons. The van der Waals surface area contributed by atoms with Crippen LogP contribution in [0.25, 0.3) is 0 Å². The van der Waals surface area contributed by atoms with E-state index in [0.717, 1.165) is 10.4 Å². The van der Waals surface area contributed by atoms with Crippen LogP contribution in [0.5, 0.6) is 5.06 Å². The molecule has 1 aliphatic rings. The zero-order valence-electron chi connectivity index (χ0n) is 19.6. The molecule has 0 unspecified atom stereocenters. The molecule has 0 atom stereocenters. The molecule has 0 saturated carbocycles. The van der Waals surface area contributed by atoms with Gasteiger partial charge in [0, 0.05) is 30.3 Å². The summed E-state index contributed by atoms with van der Waals surface area (Å²) >= 11 is 14.5. The monoisotopic (exact) mass is 527 g/mol. The molecule has 1 N–H and O–H groups in total. The maximum Gasteiger partial charge on any atom is 0.311 e. The largest absolute Gasteiger partial charge is 0.415 e. The molecule has 1 amide bonds. The molecule has 3 heterocycles. The smallest absolute Gasteiger partial charge is 0.311 e. The van der Waals surface area contributed by atoms with Crippen molar-refractivity contribution in [2.45, 2.75) is 60.1 Å². The summed E-state index contributed by atoms with van der Waals surface area (Å²) in [6.45, 7) is 10.1. The topological polar surface area (TPSA) is 106 Å². The minimum atomic E-state index is -0.275. The Hall–Kier alpha value is -2.43. The number of hydrogen-bond acceptors (Lipinski definition) is 8. The first-order valence-corrected chi connectivity index (χ1v) is 12.5. The van der Waals surface area contributed by atoms with Gasteiger partial charge in [0.05, 0.1) is 5.56 Å². The minimum Gasteiger partial charge on any atom is -0.415 e. The summed E-state index contributed by atoms with van der Waals surface area (Å²) in [6.07, 6.45) is 0.839. The lowest BCUT2D eigenvalue weighted by molar-refractivity contribution is -0.133. The highest BCUT2D eigenvalue weighted by Gasteiger charge is 2.28. The molecule has 2 aromatic heterocycles. The number of nitrogens with zero attached hydrogens (tertiary/aromatic N) is 4. The normalized spacial score (nSPS) is 13.8. The van der Waals surface area contributed by atoms with Gasteiger partial charge >= 0.3 is 5.97 Å². The number of nitrogens with one attached hydrogen (secondary N) is 1. The van der Waals surface area contributed by atoms with Crippen LogP contribution in [-0.2, 0) is 27.4 Å². The fraction of sp³-hybridized carbons (Fsp3) is 0.500. The lowest BCUT2D eigenvalue weighted by Gasteiger charge is -2.30. The average Bonchev–Trinajstić information content (AvgIpc) is 3.16. The van der Waals surface area contributed by atoms with E-state index in [9.17, 15) is 9.59 Å². The van der Waals surface area contributed by atoms with Crippen LogP contribution in [0.2, 0.25) is 10.3 Å². The maximum atomic E-state index is 12.0. The van der Waals surface area contributed by atoms with Gasteiger partial charge in [0.1, 0.15) is 16.4 Å². The Balaban J connectivity index is 1.92. The van der Waals surface area contributed by atoms with Crippen LogP contribution in [0, 0.1) is 5.92 Å². The Morgan fingerprint density at radius 2 is 1.91 bits per heavy atom. The van der Waals surface area contributed by atoms with Crippen LogP contribution in [0.15, 0.2) is 11.2 Å². The van der Waals surface area contributed by atoms with Gasteiger partial charge in [-0.2, -0.15) is 9.97 Å². The number of fused-ring (bicyclic) bond motifs is 1. The number of anilines is 1. The second-order valence-corrected chi connectivity index (χ2v) is 10.0. The predicted octanol–water partition coefficient (Wildman–Crippen LogP) is 4.90. The number of ether oxygens (including phenoxy) is 1. The summed E-state index contributed by atoms with van der Waals surface area (Å²) in [7, 11) is 0. The number of carbonyl (C=O) groups excluding carboxylic acids is 2. The quantitative estimate of drug-likeness (QED) is 0.179. The summed E-state index contributed by atoms with van der Waals surface area (Å²) < 4.78 is 5.38. The fourth-order valence-electron chi connectivity index (χ4n) is 3.04. The van der Waals surface area contributed by atoms with Gasteiger partial charge in [-0.3, -0.25) is 14.9 Å². The molecule has 0 aliphatic carbocycles. The fourth-order valence-corrected chi connectivity index (χ4v) is 4.62. The third-order valence-electron chi connectivity index (χ3n) is 4.80. The predicted molar refractivity (Wildman–Crippen MR) is 133 cm³/mol. The van der Waals surface area contributed by atoms with Gasteiger partial charge in [0.2, 0.25) is 11.9 Å². The Kier molecular flexibility index (Phi) is 8.72. The number of thiophene rings is 1. The first-order chi connectivity index (χ1) is 16.1. The van der Waals surface area contributed by atoms with Gasteiger partial charge < -0.3 is 14.5 Å². The number of rotatable bonds is 7. The van der Waals surface area contributed by atoms with Crippen LogP contribution >= 0.6 is 34.5 Å². The highest BCUT2D eigenvalue weighted by Crippen LogP contribution is 2.35. The van der Waals surface area contributed by atoms with Gasteiger partial charge in [-0.15, -0.1) is 11.3 Å². The molecule has 0 fully saturated rings. The third-order valence-corrected chi connectivity index (χ3v) is 6.46. The van der Waals surface area contributed by atoms with E-state index in [1.165, 1.54) is 11.3 Å². The lowest BCUT2D eigenvalue weighted by atomic mass is 10.1. The molecule has 34 heavy (non-hydrogen) atoms. The molecule has 3 rings (SSSR count). The molecule has 12 heteroatoms. The van der Waals surface area contributed by atoms with Crippen molar-refractivity contribution in [2.24, 2.45) is 11.1 Å². The van der Waals surface area contributed by atoms with E-state index in [4.69, 9.17) is 32.8 Å². The van der Waals surface area contributed by atoms with Crippen molar-refractivity contribution in [3.8, 4) is 5.06 Å². The van der Waals surface area contributed by atoms with Crippen molar-refractivity contribution in [3.05, 3.63) is 32.4 Å². The number of amides is 1. The van der Waals surface area contributed by atoms with E-state index in [2.05, 4.69) is 20.4 Å². The van der Waals surface area contributed by atoms with Crippen molar-refractivity contribution in [1.29, 1.82) is 0 Å². The number of hydrogen-bond donors (Lipinski definition) is 1. The summed E-state index contributed by atoms with van der Waals surface area (Å²) in [6, 6.07) is 1.87. The van der Waals surface area contributed by atoms with Crippen LogP contribution in [0.4, 0.5) is 5.95 Å².